The first-order valence-electron chi connectivity index (χ1n) is 8.95. The molecule has 1 aromatic heterocycles. The molecule has 11 heteroatoms. The lowest BCUT2D eigenvalue weighted by atomic mass is 10.2. The number of methoxy groups -OCH3 is 1. The fraction of sp³-hybridized carbons (Fsp3) is 0.0952. The number of hydrogen-bond acceptors (Lipinski definition) is 5. The number of nitrogens with one attached hydrogen (secondary N) is 2. The van der Waals surface area contributed by atoms with Gasteiger partial charge in [-0.05, 0) is 48.5 Å². The topological polar surface area (TPSA) is 110 Å². The van der Waals surface area contributed by atoms with Crippen LogP contribution >= 0.6 is 0 Å². The van der Waals surface area contributed by atoms with Crippen LogP contribution < -0.4 is 20.1 Å². The zero-order chi connectivity index (χ0) is 23.3. The van der Waals surface area contributed by atoms with Crippen molar-refractivity contribution in [2.24, 2.45) is 0 Å². The van der Waals surface area contributed by atoms with Gasteiger partial charge in [0.15, 0.2) is 0 Å². The number of benzene rings is 2. The number of amides is 2. The summed E-state index contributed by atoms with van der Waals surface area (Å²) in [4.78, 5) is 27.0. The molecule has 0 unspecified atom stereocenters. The van der Waals surface area contributed by atoms with Crippen LogP contribution in [-0.4, -0.2) is 29.2 Å². The summed E-state index contributed by atoms with van der Waals surface area (Å²) in [5.41, 5.74) is -0.789. The molecular formula is C21H16F3N3O5. The van der Waals surface area contributed by atoms with Crippen LogP contribution in [0.15, 0.2) is 60.9 Å². The van der Waals surface area contributed by atoms with Crippen molar-refractivity contribution in [2.75, 3.05) is 17.7 Å². The van der Waals surface area contributed by atoms with Gasteiger partial charge in [0.05, 0.1) is 30.1 Å². The smallest absolute Gasteiger partial charge is 0.416 e. The van der Waals surface area contributed by atoms with E-state index >= 15 is 0 Å². The van der Waals surface area contributed by atoms with E-state index < -0.39 is 23.7 Å². The zero-order valence-electron chi connectivity index (χ0n) is 16.4. The van der Waals surface area contributed by atoms with Crippen molar-refractivity contribution in [2.45, 2.75) is 6.18 Å². The SMILES string of the molecule is COc1ccc(C(F)(F)F)cc1NC(=O)Nc1ccc(Oc2cncc(C(=O)O)c2)cc1. The molecule has 2 aromatic carbocycles. The number of anilines is 2. The molecule has 8 nitrogen and oxygen atoms in total. The number of aromatic nitrogens is 1. The van der Waals surface area contributed by atoms with Crippen LogP contribution in [0.3, 0.4) is 0 Å². The second-order valence-electron chi connectivity index (χ2n) is 6.33. The summed E-state index contributed by atoms with van der Waals surface area (Å²) in [7, 11) is 1.27. The molecule has 166 valence electrons. The molecule has 0 fully saturated rings. The Morgan fingerprint density at radius 2 is 1.69 bits per heavy atom. The van der Waals surface area contributed by atoms with Crippen LogP contribution in [0.2, 0.25) is 0 Å². The number of carbonyl (C=O) groups is 2. The molecule has 0 bridgehead atoms. The molecule has 3 aromatic rings. The van der Waals surface area contributed by atoms with Gasteiger partial charge in [0.2, 0.25) is 0 Å². The average molecular weight is 447 g/mol. The quantitative estimate of drug-likeness (QED) is 0.477. The lowest BCUT2D eigenvalue weighted by Gasteiger charge is -2.14. The Balaban J connectivity index is 1.66. The zero-order valence-corrected chi connectivity index (χ0v) is 16.4. The van der Waals surface area contributed by atoms with Gasteiger partial charge < -0.3 is 25.2 Å². The highest BCUT2D eigenvalue weighted by Crippen LogP contribution is 2.35. The third kappa shape index (κ3) is 5.65. The maximum atomic E-state index is 12.9. The van der Waals surface area contributed by atoms with E-state index in [4.69, 9.17) is 14.6 Å². The van der Waals surface area contributed by atoms with Gasteiger partial charge in [-0.15, -0.1) is 0 Å². The van der Waals surface area contributed by atoms with E-state index in [0.717, 1.165) is 18.2 Å². The van der Waals surface area contributed by atoms with Crippen LogP contribution in [0.4, 0.5) is 29.3 Å². The van der Waals surface area contributed by atoms with Crippen molar-refractivity contribution < 1.29 is 37.3 Å². The summed E-state index contributed by atoms with van der Waals surface area (Å²) in [6.07, 6.45) is -2.05. The van der Waals surface area contributed by atoms with Crippen LogP contribution in [0, 0.1) is 0 Å². The van der Waals surface area contributed by atoms with E-state index in [9.17, 15) is 22.8 Å². The minimum Gasteiger partial charge on any atom is -0.495 e. The molecule has 0 spiro atoms. The predicted octanol–water partition coefficient (Wildman–Crippen LogP) is 5.24. The number of ether oxygens (including phenoxy) is 2. The van der Waals surface area contributed by atoms with Gasteiger partial charge in [0.1, 0.15) is 17.2 Å². The number of carboxylic acid groups (broad SMARTS) is 1. The van der Waals surface area contributed by atoms with Crippen molar-refractivity contribution in [3.8, 4) is 17.2 Å². The number of hydrogen-bond donors (Lipinski definition) is 3. The largest absolute Gasteiger partial charge is 0.495 e. The number of alkyl halides is 3. The maximum Gasteiger partial charge on any atom is 0.416 e. The fourth-order valence-electron chi connectivity index (χ4n) is 2.60. The Hall–Kier alpha value is -4.28. The lowest BCUT2D eigenvalue weighted by molar-refractivity contribution is -0.137. The molecular weight excluding hydrogens is 431 g/mol. The number of carboxylic acids is 1. The van der Waals surface area contributed by atoms with Gasteiger partial charge in [0, 0.05) is 11.9 Å². The third-order valence-electron chi connectivity index (χ3n) is 4.08. The third-order valence-corrected chi connectivity index (χ3v) is 4.08. The van der Waals surface area contributed by atoms with E-state index in [2.05, 4.69) is 15.6 Å². The van der Waals surface area contributed by atoms with Gasteiger partial charge in [-0.25, -0.2) is 9.59 Å². The Bertz CT molecular complexity index is 1130. The van der Waals surface area contributed by atoms with E-state index in [1.807, 2.05) is 0 Å². The maximum absolute atomic E-state index is 12.9. The molecule has 0 aliphatic rings. The van der Waals surface area contributed by atoms with Gasteiger partial charge in [0.25, 0.3) is 0 Å². The summed E-state index contributed by atoms with van der Waals surface area (Å²) in [6, 6.07) is 9.25. The van der Waals surface area contributed by atoms with E-state index in [1.165, 1.54) is 49.8 Å². The molecule has 3 rings (SSSR count). The first-order chi connectivity index (χ1) is 15.2. The number of halogens is 3. The minimum atomic E-state index is -4.57. The summed E-state index contributed by atoms with van der Waals surface area (Å²) in [5.74, 6) is -0.528. The van der Waals surface area contributed by atoms with Gasteiger partial charge in [-0.3, -0.25) is 4.98 Å². The Morgan fingerprint density at radius 3 is 2.31 bits per heavy atom. The van der Waals surface area contributed by atoms with Gasteiger partial charge in [-0.2, -0.15) is 13.2 Å². The van der Waals surface area contributed by atoms with Gasteiger partial charge >= 0.3 is 18.2 Å². The molecule has 0 aliphatic heterocycles. The van der Waals surface area contributed by atoms with Crippen molar-refractivity contribution >= 4 is 23.4 Å². The normalized spacial score (nSPS) is 10.9. The number of rotatable bonds is 6. The standard InChI is InChI=1S/C21H16F3N3O5/c1-31-18-7-2-13(21(22,23)24)9-17(18)27-20(30)26-14-3-5-15(6-4-14)32-16-8-12(19(28)29)10-25-11-16/h2-11H,1H3,(H,28,29)(H2,26,27,30). The summed E-state index contributed by atoms with van der Waals surface area (Å²) < 4.78 is 49.3. The van der Waals surface area contributed by atoms with Crippen LogP contribution in [-0.2, 0) is 6.18 Å². The second-order valence-corrected chi connectivity index (χ2v) is 6.33. The highest BCUT2D eigenvalue weighted by atomic mass is 19.4. The Morgan fingerprint density at radius 1 is 0.969 bits per heavy atom. The molecule has 2 amide bonds. The number of aromatic carboxylic acids is 1. The first-order valence-corrected chi connectivity index (χ1v) is 8.95. The summed E-state index contributed by atoms with van der Waals surface area (Å²) >= 11 is 0. The highest BCUT2D eigenvalue weighted by molar-refractivity contribution is 6.00. The Labute approximate surface area is 179 Å². The molecule has 0 atom stereocenters. The van der Waals surface area contributed by atoms with E-state index in [1.54, 1.807) is 0 Å². The minimum absolute atomic E-state index is 0.0394. The number of carbonyl (C=O) groups excluding carboxylic acids is 1. The van der Waals surface area contributed by atoms with Crippen LogP contribution in [0.5, 0.6) is 17.2 Å². The highest BCUT2D eigenvalue weighted by Gasteiger charge is 2.31. The monoisotopic (exact) mass is 447 g/mol. The number of nitrogens with zero attached hydrogens (tertiary/aromatic N) is 1. The van der Waals surface area contributed by atoms with Crippen molar-refractivity contribution in [3.05, 3.63) is 72.1 Å². The predicted molar refractivity (Wildman–Crippen MR) is 108 cm³/mol. The van der Waals surface area contributed by atoms with Gasteiger partial charge in [-0.1, -0.05) is 0 Å². The van der Waals surface area contributed by atoms with E-state index in [0.29, 0.717) is 11.4 Å². The van der Waals surface area contributed by atoms with Crippen molar-refractivity contribution in [1.82, 2.24) is 4.98 Å². The van der Waals surface area contributed by atoms with Crippen LogP contribution in [0.25, 0.3) is 0 Å². The Kier molecular flexibility index (Phi) is 6.47. The molecule has 0 aliphatic carbocycles. The van der Waals surface area contributed by atoms with Crippen molar-refractivity contribution in [1.29, 1.82) is 0 Å². The molecule has 1 heterocycles. The molecule has 0 saturated carbocycles. The number of pyridine rings is 1. The van der Waals surface area contributed by atoms with E-state index in [-0.39, 0.29) is 22.7 Å². The molecule has 32 heavy (non-hydrogen) atoms. The summed E-state index contributed by atoms with van der Waals surface area (Å²) in [6.45, 7) is 0. The summed E-state index contributed by atoms with van der Waals surface area (Å²) in [5, 5.41) is 13.8. The average Bonchev–Trinajstić information content (AvgIpc) is 2.74. The lowest BCUT2D eigenvalue weighted by Crippen LogP contribution is -2.20. The second kappa shape index (κ2) is 9.25. The molecule has 0 radical (unpaired) electrons. The van der Waals surface area contributed by atoms with Crippen molar-refractivity contribution in [3.63, 3.8) is 0 Å². The molecule has 0 saturated heterocycles. The van der Waals surface area contributed by atoms with Crippen LogP contribution in [0.1, 0.15) is 15.9 Å². The first kappa shape index (κ1) is 22.4. The molecule has 3 N–H and O–H groups in total. The number of urea groups is 1. The fourth-order valence-corrected chi connectivity index (χ4v) is 2.60.